The number of aromatic carboxylic acids is 1. The molecule has 42 heavy (non-hydrogen) atoms. The van der Waals surface area contributed by atoms with Gasteiger partial charge in [-0.05, 0) is 48.0 Å². The van der Waals surface area contributed by atoms with Gasteiger partial charge in [0.2, 0.25) is 5.88 Å². The van der Waals surface area contributed by atoms with Gasteiger partial charge in [-0.25, -0.2) is 23.5 Å². The lowest BCUT2D eigenvalue weighted by Crippen LogP contribution is -2.05. The number of ether oxygens (including phenoxy) is 3. The Morgan fingerprint density at radius 1 is 1.00 bits per heavy atom. The first-order chi connectivity index (χ1) is 20.1. The number of carboxylic acids is 1. The number of rotatable bonds is 10. The molecule has 8 nitrogen and oxygen atoms in total. The van der Waals surface area contributed by atoms with Crippen molar-refractivity contribution >= 4 is 28.6 Å². The van der Waals surface area contributed by atoms with Crippen molar-refractivity contribution in [3.63, 3.8) is 0 Å². The standard InChI is InChI=1S/C29H20ClF4N3O5/c1-37-22-9-16(28(38)39)10-24(42-29(33)34)27(22)36-25(37)11-15-5-7-19(13-20(15)31)41-26-4-2-3-18(35-26)14-40-23-8-6-17(30)12-21(23)32/h2-10,12-13,29H,11,14H2,1H3,(H,38,39). The second-order valence-electron chi connectivity index (χ2n) is 8.98. The van der Waals surface area contributed by atoms with Crippen LogP contribution >= 0.6 is 11.6 Å². The first kappa shape index (κ1) is 28.7. The predicted octanol–water partition coefficient (Wildman–Crippen LogP) is 7.16. The number of pyridine rings is 1. The fourth-order valence-electron chi connectivity index (χ4n) is 4.14. The average Bonchev–Trinajstić information content (AvgIpc) is 3.25. The third kappa shape index (κ3) is 6.39. The van der Waals surface area contributed by atoms with Gasteiger partial charge in [0.15, 0.2) is 17.3 Å². The van der Waals surface area contributed by atoms with Gasteiger partial charge in [-0.15, -0.1) is 0 Å². The second kappa shape index (κ2) is 12.0. The summed E-state index contributed by atoms with van der Waals surface area (Å²) >= 11 is 5.75. The van der Waals surface area contributed by atoms with E-state index < -0.39 is 30.0 Å². The summed E-state index contributed by atoms with van der Waals surface area (Å²) in [5, 5.41) is 9.59. The molecular formula is C29H20ClF4N3O5. The molecule has 3 aromatic carbocycles. The number of imidazole rings is 1. The van der Waals surface area contributed by atoms with E-state index in [-0.39, 0.29) is 63.4 Å². The smallest absolute Gasteiger partial charge is 0.387 e. The lowest BCUT2D eigenvalue weighted by Gasteiger charge is -2.10. The normalized spacial score (nSPS) is 11.2. The van der Waals surface area contributed by atoms with Crippen LogP contribution < -0.4 is 14.2 Å². The summed E-state index contributed by atoms with van der Waals surface area (Å²) in [5.41, 5.74) is 0.640. The lowest BCUT2D eigenvalue weighted by atomic mass is 10.1. The monoisotopic (exact) mass is 601 g/mol. The van der Waals surface area contributed by atoms with E-state index in [2.05, 4.69) is 14.7 Å². The van der Waals surface area contributed by atoms with Crippen molar-refractivity contribution in [1.29, 1.82) is 0 Å². The summed E-state index contributed by atoms with van der Waals surface area (Å²) < 4.78 is 72.1. The highest BCUT2D eigenvalue weighted by Gasteiger charge is 2.20. The van der Waals surface area contributed by atoms with Crippen molar-refractivity contribution < 1.29 is 41.7 Å². The van der Waals surface area contributed by atoms with Gasteiger partial charge in [0.1, 0.15) is 29.5 Å². The molecule has 0 aliphatic rings. The van der Waals surface area contributed by atoms with E-state index in [4.69, 9.17) is 21.1 Å². The molecule has 0 unspecified atom stereocenters. The van der Waals surface area contributed by atoms with Crippen LogP contribution in [-0.2, 0) is 20.1 Å². The molecule has 1 N–H and O–H groups in total. The van der Waals surface area contributed by atoms with Gasteiger partial charge >= 0.3 is 12.6 Å². The fourth-order valence-corrected chi connectivity index (χ4v) is 4.30. The van der Waals surface area contributed by atoms with Gasteiger partial charge in [0.05, 0.1) is 16.8 Å². The van der Waals surface area contributed by atoms with Crippen LogP contribution in [0.25, 0.3) is 11.0 Å². The van der Waals surface area contributed by atoms with Crippen LogP contribution in [0, 0.1) is 11.6 Å². The van der Waals surface area contributed by atoms with Gasteiger partial charge in [0.25, 0.3) is 0 Å². The van der Waals surface area contributed by atoms with Crippen LogP contribution in [0.2, 0.25) is 5.02 Å². The SMILES string of the molecule is Cn1c(Cc2ccc(Oc3cccc(COc4ccc(Cl)cc4F)n3)cc2F)nc2c(OC(F)F)cc(C(=O)O)cc21. The largest absolute Gasteiger partial charge is 0.484 e. The number of alkyl halides is 2. The first-order valence-corrected chi connectivity index (χ1v) is 12.6. The summed E-state index contributed by atoms with van der Waals surface area (Å²) in [6, 6.07) is 15.3. The number of fused-ring (bicyclic) bond motifs is 1. The van der Waals surface area contributed by atoms with Crippen LogP contribution in [0.15, 0.2) is 66.7 Å². The van der Waals surface area contributed by atoms with Crippen molar-refractivity contribution in [3.8, 4) is 23.1 Å². The molecule has 0 saturated carbocycles. The number of carboxylic acid groups (broad SMARTS) is 1. The van der Waals surface area contributed by atoms with Crippen LogP contribution in [0.5, 0.6) is 23.1 Å². The number of nitrogens with zero attached hydrogens (tertiary/aromatic N) is 3. The van der Waals surface area contributed by atoms with Crippen molar-refractivity contribution in [2.75, 3.05) is 0 Å². The van der Waals surface area contributed by atoms with E-state index in [1.54, 1.807) is 25.2 Å². The molecule has 0 saturated heterocycles. The van der Waals surface area contributed by atoms with Crippen LogP contribution in [0.4, 0.5) is 17.6 Å². The van der Waals surface area contributed by atoms with E-state index in [9.17, 15) is 23.1 Å². The number of benzene rings is 3. The molecule has 0 atom stereocenters. The fraction of sp³-hybridized carbons (Fsp3) is 0.138. The van der Waals surface area contributed by atoms with Gasteiger partial charge in [-0.2, -0.15) is 8.78 Å². The van der Waals surface area contributed by atoms with Gasteiger partial charge < -0.3 is 23.9 Å². The molecule has 5 rings (SSSR count). The van der Waals surface area contributed by atoms with E-state index in [0.29, 0.717) is 5.69 Å². The zero-order valence-electron chi connectivity index (χ0n) is 21.7. The molecule has 0 bridgehead atoms. The Balaban J connectivity index is 1.32. The summed E-state index contributed by atoms with van der Waals surface area (Å²) in [4.78, 5) is 20.1. The van der Waals surface area contributed by atoms with E-state index >= 15 is 4.39 Å². The Labute approximate surface area is 240 Å². The minimum Gasteiger partial charge on any atom is -0.484 e. The number of halogens is 5. The average molecular weight is 602 g/mol. The minimum atomic E-state index is -3.19. The molecule has 0 spiro atoms. The third-order valence-electron chi connectivity index (χ3n) is 6.15. The van der Waals surface area contributed by atoms with Crippen LogP contribution in [-0.4, -0.2) is 32.2 Å². The molecule has 2 aromatic heterocycles. The molecule has 216 valence electrons. The van der Waals surface area contributed by atoms with Gasteiger partial charge in [-0.1, -0.05) is 23.7 Å². The van der Waals surface area contributed by atoms with Crippen molar-refractivity contribution in [1.82, 2.24) is 14.5 Å². The zero-order chi connectivity index (χ0) is 30.0. The lowest BCUT2D eigenvalue weighted by molar-refractivity contribution is -0.0489. The van der Waals surface area contributed by atoms with E-state index in [1.807, 2.05) is 0 Å². The van der Waals surface area contributed by atoms with Crippen LogP contribution in [0.1, 0.15) is 27.4 Å². The summed E-state index contributed by atoms with van der Waals surface area (Å²) in [7, 11) is 1.56. The highest BCUT2D eigenvalue weighted by Crippen LogP contribution is 2.31. The Kier molecular flexibility index (Phi) is 8.16. The second-order valence-corrected chi connectivity index (χ2v) is 9.41. The van der Waals surface area contributed by atoms with Crippen molar-refractivity contribution in [2.24, 2.45) is 7.05 Å². The first-order valence-electron chi connectivity index (χ1n) is 12.2. The van der Waals surface area contributed by atoms with E-state index in [1.165, 1.54) is 34.9 Å². The maximum Gasteiger partial charge on any atom is 0.387 e. The van der Waals surface area contributed by atoms with E-state index in [0.717, 1.165) is 18.2 Å². The Hall–Kier alpha value is -4.84. The molecule has 0 radical (unpaired) electrons. The topological polar surface area (TPSA) is 95.7 Å². The summed E-state index contributed by atoms with van der Waals surface area (Å²) in [6.07, 6.45) is -0.0415. The molecule has 13 heteroatoms. The van der Waals surface area contributed by atoms with Crippen LogP contribution in [0.3, 0.4) is 0 Å². The molecule has 0 aliphatic heterocycles. The number of aryl methyl sites for hydroxylation is 1. The van der Waals surface area contributed by atoms with Gasteiger partial charge in [-0.3, -0.25) is 0 Å². The Morgan fingerprint density at radius 2 is 1.81 bits per heavy atom. The minimum absolute atomic E-state index is 0.00545. The molecule has 5 aromatic rings. The summed E-state index contributed by atoms with van der Waals surface area (Å²) in [5.74, 6) is -2.39. The van der Waals surface area contributed by atoms with Crippen molar-refractivity contribution in [3.05, 3.63) is 106 Å². The van der Waals surface area contributed by atoms with Gasteiger partial charge in [0, 0.05) is 30.6 Å². The molecule has 0 fully saturated rings. The summed E-state index contributed by atoms with van der Waals surface area (Å²) in [6.45, 7) is -3.25. The Bertz CT molecular complexity index is 1800. The maximum absolute atomic E-state index is 15.1. The predicted molar refractivity (Wildman–Crippen MR) is 144 cm³/mol. The zero-order valence-corrected chi connectivity index (χ0v) is 22.4. The highest BCUT2D eigenvalue weighted by atomic mass is 35.5. The number of carbonyl (C=O) groups is 1. The number of aromatic nitrogens is 3. The number of hydrogen-bond donors (Lipinski definition) is 1. The maximum atomic E-state index is 15.1. The molecule has 2 heterocycles. The molecule has 0 aliphatic carbocycles. The number of hydrogen-bond acceptors (Lipinski definition) is 6. The molecule has 0 amide bonds. The molecular weight excluding hydrogens is 582 g/mol. The third-order valence-corrected chi connectivity index (χ3v) is 6.39. The highest BCUT2D eigenvalue weighted by molar-refractivity contribution is 6.30. The van der Waals surface area contributed by atoms with Crippen molar-refractivity contribution in [2.45, 2.75) is 19.6 Å². The Morgan fingerprint density at radius 3 is 2.52 bits per heavy atom. The quantitative estimate of drug-likeness (QED) is 0.170.